The zero-order valence-electron chi connectivity index (χ0n) is 10.8. The van der Waals surface area contributed by atoms with E-state index in [9.17, 15) is 9.59 Å². The highest BCUT2D eigenvalue weighted by Crippen LogP contribution is 2.19. The van der Waals surface area contributed by atoms with Crippen LogP contribution in [0, 0.1) is 0 Å². The van der Waals surface area contributed by atoms with Crippen molar-refractivity contribution in [2.24, 2.45) is 4.99 Å². The van der Waals surface area contributed by atoms with Gasteiger partial charge in [-0.3, -0.25) is 4.79 Å². The molecule has 20 heavy (non-hydrogen) atoms. The van der Waals surface area contributed by atoms with Crippen molar-refractivity contribution in [2.75, 3.05) is 12.4 Å². The largest absolute Gasteiger partial charge is 0.497 e. The fourth-order valence-electron chi connectivity index (χ4n) is 1.67. The average Bonchev–Trinajstić information content (AvgIpc) is 2.48. The molecule has 1 amide bonds. The van der Waals surface area contributed by atoms with E-state index in [0.29, 0.717) is 22.7 Å². The molecule has 1 N–H and O–H groups in total. The van der Waals surface area contributed by atoms with Gasteiger partial charge in [-0.15, -0.1) is 0 Å². The van der Waals surface area contributed by atoms with Crippen LogP contribution in [0.4, 0.5) is 11.4 Å². The van der Waals surface area contributed by atoms with Gasteiger partial charge < -0.3 is 10.1 Å². The van der Waals surface area contributed by atoms with Crippen LogP contribution in [0.25, 0.3) is 0 Å². The number of nitrogens with zero attached hydrogens (tertiary/aromatic N) is 1. The van der Waals surface area contributed by atoms with Crippen molar-refractivity contribution in [2.45, 2.75) is 0 Å². The molecule has 0 bridgehead atoms. The number of hydrogen-bond acceptors (Lipinski definition) is 4. The van der Waals surface area contributed by atoms with Crippen molar-refractivity contribution in [3.05, 3.63) is 54.1 Å². The summed E-state index contributed by atoms with van der Waals surface area (Å²) in [5.74, 6) is 0.364. The van der Waals surface area contributed by atoms with Gasteiger partial charge in [0.25, 0.3) is 5.91 Å². The number of carbonyl (C=O) groups excluding carboxylic acids is 2. The first kappa shape index (κ1) is 13.5. The molecule has 5 heteroatoms. The first-order chi connectivity index (χ1) is 9.72. The Morgan fingerprint density at radius 2 is 2.00 bits per heavy atom. The monoisotopic (exact) mass is 268 g/mol. The van der Waals surface area contributed by atoms with Crippen LogP contribution in [0.2, 0.25) is 0 Å². The Kier molecular flexibility index (Phi) is 4.27. The SMILES string of the molecule is COc1cccc(NC(=O)c2cccc(N=C=O)c2)c1. The van der Waals surface area contributed by atoms with Gasteiger partial charge in [-0.05, 0) is 30.3 Å². The number of isocyanates is 1. The van der Waals surface area contributed by atoms with Gasteiger partial charge in [-0.1, -0.05) is 12.1 Å². The number of rotatable bonds is 4. The summed E-state index contributed by atoms with van der Waals surface area (Å²) < 4.78 is 5.08. The highest BCUT2D eigenvalue weighted by Gasteiger charge is 2.07. The second-order valence-corrected chi connectivity index (χ2v) is 3.94. The van der Waals surface area contributed by atoms with Crippen LogP contribution in [-0.4, -0.2) is 19.1 Å². The summed E-state index contributed by atoms with van der Waals surface area (Å²) in [4.78, 5) is 25.8. The van der Waals surface area contributed by atoms with Gasteiger partial charge in [0.1, 0.15) is 5.75 Å². The van der Waals surface area contributed by atoms with Crippen molar-refractivity contribution in [1.29, 1.82) is 0 Å². The third-order valence-corrected chi connectivity index (χ3v) is 2.61. The van der Waals surface area contributed by atoms with Crippen molar-refractivity contribution >= 4 is 23.4 Å². The average molecular weight is 268 g/mol. The van der Waals surface area contributed by atoms with E-state index >= 15 is 0 Å². The lowest BCUT2D eigenvalue weighted by atomic mass is 10.2. The second-order valence-electron chi connectivity index (χ2n) is 3.94. The number of nitrogens with one attached hydrogen (secondary N) is 1. The van der Waals surface area contributed by atoms with E-state index in [1.165, 1.54) is 12.1 Å². The highest BCUT2D eigenvalue weighted by atomic mass is 16.5. The number of benzene rings is 2. The number of anilines is 1. The zero-order valence-corrected chi connectivity index (χ0v) is 10.8. The first-order valence-corrected chi connectivity index (χ1v) is 5.86. The van der Waals surface area contributed by atoms with E-state index in [1.807, 2.05) is 0 Å². The van der Waals surface area contributed by atoms with Crippen LogP contribution < -0.4 is 10.1 Å². The molecular formula is C15H12N2O3. The highest BCUT2D eigenvalue weighted by molar-refractivity contribution is 6.04. The van der Waals surface area contributed by atoms with Crippen molar-refractivity contribution in [3.63, 3.8) is 0 Å². The summed E-state index contributed by atoms with van der Waals surface area (Å²) in [6.45, 7) is 0. The van der Waals surface area contributed by atoms with Crippen LogP contribution >= 0.6 is 0 Å². The number of hydrogen-bond donors (Lipinski definition) is 1. The van der Waals surface area contributed by atoms with Gasteiger partial charge in [-0.2, -0.15) is 4.99 Å². The van der Waals surface area contributed by atoms with Gasteiger partial charge >= 0.3 is 0 Å². The predicted molar refractivity (Wildman–Crippen MR) is 75.2 cm³/mol. The summed E-state index contributed by atoms with van der Waals surface area (Å²) >= 11 is 0. The predicted octanol–water partition coefficient (Wildman–Crippen LogP) is 2.91. The summed E-state index contributed by atoms with van der Waals surface area (Å²) in [6, 6.07) is 13.5. The van der Waals surface area contributed by atoms with Crippen LogP contribution in [0.5, 0.6) is 5.75 Å². The number of carbonyl (C=O) groups is 1. The smallest absolute Gasteiger partial charge is 0.255 e. The molecule has 2 rings (SSSR count). The molecule has 0 saturated carbocycles. The molecule has 0 aliphatic carbocycles. The van der Waals surface area contributed by atoms with Gasteiger partial charge in [0.15, 0.2) is 0 Å². The third kappa shape index (κ3) is 3.31. The van der Waals surface area contributed by atoms with E-state index in [4.69, 9.17) is 4.74 Å². The Morgan fingerprint density at radius 3 is 2.75 bits per heavy atom. The van der Waals surface area contributed by atoms with Crippen LogP contribution in [0.3, 0.4) is 0 Å². The molecule has 2 aromatic carbocycles. The Hall–Kier alpha value is -2.91. The standard InChI is InChI=1S/C15H12N2O3/c1-20-14-7-3-6-13(9-14)17-15(19)11-4-2-5-12(8-11)16-10-18/h2-9H,1H3,(H,17,19). The molecular weight excluding hydrogens is 256 g/mol. The first-order valence-electron chi connectivity index (χ1n) is 5.86. The lowest BCUT2D eigenvalue weighted by Gasteiger charge is -2.07. The quantitative estimate of drug-likeness (QED) is 0.684. The van der Waals surface area contributed by atoms with E-state index in [1.54, 1.807) is 49.6 Å². The molecule has 0 aliphatic rings. The maximum Gasteiger partial charge on any atom is 0.255 e. The molecule has 5 nitrogen and oxygen atoms in total. The normalized spacial score (nSPS) is 9.45. The number of methoxy groups -OCH3 is 1. The Morgan fingerprint density at radius 1 is 1.20 bits per heavy atom. The number of ether oxygens (including phenoxy) is 1. The van der Waals surface area contributed by atoms with Crippen LogP contribution in [-0.2, 0) is 4.79 Å². The van der Waals surface area contributed by atoms with Crippen molar-refractivity contribution in [3.8, 4) is 5.75 Å². The minimum atomic E-state index is -0.291. The van der Waals surface area contributed by atoms with Crippen LogP contribution in [0.1, 0.15) is 10.4 Å². The molecule has 0 atom stereocenters. The van der Waals surface area contributed by atoms with Crippen molar-refractivity contribution in [1.82, 2.24) is 0 Å². The van der Waals surface area contributed by atoms with E-state index in [2.05, 4.69) is 10.3 Å². The van der Waals surface area contributed by atoms with E-state index in [0.717, 1.165) is 0 Å². The van der Waals surface area contributed by atoms with Crippen molar-refractivity contribution < 1.29 is 14.3 Å². The molecule has 0 saturated heterocycles. The maximum atomic E-state index is 12.1. The summed E-state index contributed by atoms with van der Waals surface area (Å²) in [6.07, 6.45) is 1.44. The molecule has 2 aromatic rings. The zero-order chi connectivity index (χ0) is 14.4. The summed E-state index contributed by atoms with van der Waals surface area (Å²) in [5, 5.41) is 2.74. The van der Waals surface area contributed by atoms with Gasteiger partial charge in [0.05, 0.1) is 12.8 Å². The molecule has 0 aliphatic heterocycles. The van der Waals surface area contributed by atoms with Gasteiger partial charge in [-0.25, -0.2) is 4.79 Å². The summed E-state index contributed by atoms with van der Waals surface area (Å²) in [7, 11) is 1.56. The molecule has 0 heterocycles. The van der Waals surface area contributed by atoms with Crippen LogP contribution in [0.15, 0.2) is 53.5 Å². The minimum Gasteiger partial charge on any atom is -0.497 e. The minimum absolute atomic E-state index is 0.291. The molecule has 0 spiro atoms. The van der Waals surface area contributed by atoms with Gasteiger partial charge in [0.2, 0.25) is 6.08 Å². The fourth-order valence-corrected chi connectivity index (χ4v) is 1.67. The Bertz CT molecular complexity index is 676. The van der Waals surface area contributed by atoms with Gasteiger partial charge in [0, 0.05) is 17.3 Å². The second kappa shape index (κ2) is 6.31. The molecule has 0 fully saturated rings. The molecule has 0 unspecified atom stereocenters. The maximum absolute atomic E-state index is 12.1. The molecule has 0 aromatic heterocycles. The molecule has 0 radical (unpaired) electrons. The lowest BCUT2D eigenvalue weighted by Crippen LogP contribution is -2.11. The Balaban J connectivity index is 2.19. The topological polar surface area (TPSA) is 67.8 Å². The van der Waals surface area contributed by atoms with E-state index < -0.39 is 0 Å². The summed E-state index contributed by atoms with van der Waals surface area (Å²) in [5.41, 5.74) is 1.42. The third-order valence-electron chi connectivity index (χ3n) is 2.61. The van der Waals surface area contributed by atoms with E-state index in [-0.39, 0.29) is 5.91 Å². The fraction of sp³-hybridized carbons (Fsp3) is 0.0667. The molecule has 100 valence electrons. The number of amides is 1. The lowest BCUT2D eigenvalue weighted by molar-refractivity contribution is 0.102. The number of aliphatic imine (C=N–C) groups is 1. The Labute approximate surface area is 115 Å².